The van der Waals surface area contributed by atoms with E-state index in [0.29, 0.717) is 11.1 Å². The molecule has 104 valence electrons. The average Bonchev–Trinajstić information content (AvgIpc) is 2.35. The number of anilines is 1. The summed E-state index contributed by atoms with van der Waals surface area (Å²) in [4.78, 5) is 14.3. The number of carbonyl (C=O) groups is 1. The zero-order valence-corrected chi connectivity index (χ0v) is 13.5. The zero-order valence-electron chi connectivity index (χ0n) is 11.1. The van der Waals surface area contributed by atoms with E-state index >= 15 is 0 Å². The minimum absolute atomic E-state index is 0.0976. The minimum atomic E-state index is -0.0976. The highest BCUT2D eigenvalue weighted by atomic mass is 79.9. The molecule has 1 heterocycles. The number of amides is 1. The number of rotatable bonds is 3. The molecule has 1 aliphatic heterocycles. The van der Waals surface area contributed by atoms with E-state index in [2.05, 4.69) is 35.1 Å². The minimum Gasteiger partial charge on any atom is -0.310 e. The SMILES string of the molecule is CC(C)NC1CCCN(c2cccc(Cl)c2Br)C1=O. The molecule has 0 spiro atoms. The van der Waals surface area contributed by atoms with Crippen molar-refractivity contribution in [1.29, 1.82) is 0 Å². The quantitative estimate of drug-likeness (QED) is 0.908. The van der Waals surface area contributed by atoms with Gasteiger partial charge in [-0.25, -0.2) is 0 Å². The van der Waals surface area contributed by atoms with Gasteiger partial charge in [0.2, 0.25) is 5.91 Å². The third kappa shape index (κ3) is 3.30. The fourth-order valence-corrected chi connectivity index (χ4v) is 3.02. The number of nitrogens with zero attached hydrogens (tertiary/aromatic N) is 1. The number of hydrogen-bond donors (Lipinski definition) is 1. The van der Waals surface area contributed by atoms with Gasteiger partial charge >= 0.3 is 0 Å². The highest BCUT2D eigenvalue weighted by molar-refractivity contribution is 9.10. The Morgan fingerprint density at radius 2 is 2.21 bits per heavy atom. The summed E-state index contributed by atoms with van der Waals surface area (Å²) in [6, 6.07) is 5.81. The van der Waals surface area contributed by atoms with Crippen molar-refractivity contribution in [3.05, 3.63) is 27.7 Å². The van der Waals surface area contributed by atoms with E-state index in [4.69, 9.17) is 11.6 Å². The Bertz CT molecular complexity index is 479. The van der Waals surface area contributed by atoms with Crippen molar-refractivity contribution in [2.45, 2.75) is 38.8 Å². The Labute approximate surface area is 127 Å². The summed E-state index contributed by atoms with van der Waals surface area (Å²) < 4.78 is 0.787. The average molecular weight is 346 g/mol. The molecule has 1 atom stereocenters. The molecule has 0 aromatic heterocycles. The molecule has 0 saturated carbocycles. The molecule has 1 fully saturated rings. The number of nitrogens with one attached hydrogen (secondary N) is 1. The summed E-state index contributed by atoms with van der Waals surface area (Å²) in [5, 5.41) is 3.95. The molecule has 0 aliphatic carbocycles. The Morgan fingerprint density at radius 1 is 1.47 bits per heavy atom. The van der Waals surface area contributed by atoms with Crippen LogP contribution in [-0.4, -0.2) is 24.5 Å². The van der Waals surface area contributed by atoms with Crippen LogP contribution >= 0.6 is 27.5 Å². The van der Waals surface area contributed by atoms with Gasteiger partial charge in [0.1, 0.15) is 0 Å². The number of carbonyl (C=O) groups excluding carboxylic acids is 1. The van der Waals surface area contributed by atoms with Crippen LogP contribution in [-0.2, 0) is 4.79 Å². The molecular weight excluding hydrogens is 328 g/mol. The van der Waals surface area contributed by atoms with Crippen molar-refractivity contribution in [3.8, 4) is 0 Å². The molecule has 0 bridgehead atoms. The molecule has 2 rings (SSSR count). The monoisotopic (exact) mass is 344 g/mol. The lowest BCUT2D eigenvalue weighted by Gasteiger charge is -2.34. The van der Waals surface area contributed by atoms with Crippen LogP contribution in [0.25, 0.3) is 0 Å². The van der Waals surface area contributed by atoms with Crippen LogP contribution in [0, 0.1) is 0 Å². The number of hydrogen-bond acceptors (Lipinski definition) is 2. The first-order valence-corrected chi connectivity index (χ1v) is 7.69. The molecule has 19 heavy (non-hydrogen) atoms. The van der Waals surface area contributed by atoms with E-state index in [9.17, 15) is 4.79 Å². The summed E-state index contributed by atoms with van der Waals surface area (Å²) in [5.41, 5.74) is 0.854. The van der Waals surface area contributed by atoms with Gasteiger partial charge in [-0.05, 0) is 40.9 Å². The maximum Gasteiger partial charge on any atom is 0.244 e. The predicted octanol–water partition coefficient (Wildman–Crippen LogP) is 3.60. The number of benzene rings is 1. The molecule has 3 nitrogen and oxygen atoms in total. The Balaban J connectivity index is 2.24. The van der Waals surface area contributed by atoms with Crippen molar-refractivity contribution in [2.75, 3.05) is 11.4 Å². The van der Waals surface area contributed by atoms with Crippen LogP contribution in [0.2, 0.25) is 5.02 Å². The van der Waals surface area contributed by atoms with Crippen LogP contribution in [0.4, 0.5) is 5.69 Å². The van der Waals surface area contributed by atoms with Crippen molar-refractivity contribution in [3.63, 3.8) is 0 Å². The van der Waals surface area contributed by atoms with Gasteiger partial charge in [0.25, 0.3) is 0 Å². The smallest absolute Gasteiger partial charge is 0.244 e. The second kappa shape index (κ2) is 6.25. The van der Waals surface area contributed by atoms with Crippen LogP contribution in [0.5, 0.6) is 0 Å². The normalized spacial score (nSPS) is 20.2. The predicted molar refractivity (Wildman–Crippen MR) is 82.8 cm³/mol. The molecule has 0 radical (unpaired) electrons. The van der Waals surface area contributed by atoms with Gasteiger partial charge in [0, 0.05) is 12.6 Å². The molecule has 1 unspecified atom stereocenters. The van der Waals surface area contributed by atoms with Crippen molar-refractivity contribution >= 4 is 39.1 Å². The molecule has 1 saturated heterocycles. The first-order valence-electron chi connectivity index (χ1n) is 6.52. The second-order valence-corrected chi connectivity index (χ2v) is 6.28. The van der Waals surface area contributed by atoms with Gasteiger partial charge in [-0.15, -0.1) is 0 Å². The van der Waals surface area contributed by atoms with Crippen molar-refractivity contribution in [2.24, 2.45) is 0 Å². The van der Waals surface area contributed by atoms with Gasteiger partial charge < -0.3 is 10.2 Å². The third-order valence-electron chi connectivity index (χ3n) is 3.20. The van der Waals surface area contributed by atoms with E-state index in [1.807, 2.05) is 23.1 Å². The largest absolute Gasteiger partial charge is 0.310 e. The lowest BCUT2D eigenvalue weighted by molar-refractivity contribution is -0.121. The summed E-state index contributed by atoms with van der Waals surface area (Å²) in [6.45, 7) is 4.86. The topological polar surface area (TPSA) is 32.3 Å². The summed E-state index contributed by atoms with van der Waals surface area (Å²) in [7, 11) is 0. The summed E-state index contributed by atoms with van der Waals surface area (Å²) in [5.74, 6) is 0.128. The molecule has 1 amide bonds. The molecule has 1 N–H and O–H groups in total. The highest BCUT2D eigenvalue weighted by Crippen LogP contribution is 2.34. The lowest BCUT2D eigenvalue weighted by atomic mass is 10.0. The van der Waals surface area contributed by atoms with Crippen molar-refractivity contribution < 1.29 is 4.79 Å². The van der Waals surface area contributed by atoms with Gasteiger partial charge in [-0.2, -0.15) is 0 Å². The summed E-state index contributed by atoms with van der Waals surface area (Å²) >= 11 is 9.57. The zero-order chi connectivity index (χ0) is 14.0. The fourth-order valence-electron chi connectivity index (χ4n) is 2.37. The van der Waals surface area contributed by atoms with E-state index in [1.54, 1.807) is 0 Å². The highest BCUT2D eigenvalue weighted by Gasteiger charge is 2.30. The van der Waals surface area contributed by atoms with E-state index < -0.39 is 0 Å². The molecule has 1 aromatic rings. The van der Waals surface area contributed by atoms with Gasteiger partial charge in [0.05, 0.1) is 21.2 Å². The molecule has 5 heteroatoms. The van der Waals surface area contributed by atoms with Gasteiger partial charge in [0.15, 0.2) is 0 Å². The van der Waals surface area contributed by atoms with Crippen molar-refractivity contribution in [1.82, 2.24) is 5.32 Å². The van der Waals surface area contributed by atoms with Crippen LogP contribution < -0.4 is 10.2 Å². The molecular formula is C14H18BrClN2O. The lowest BCUT2D eigenvalue weighted by Crippen LogP contribution is -2.52. The van der Waals surface area contributed by atoms with E-state index in [-0.39, 0.29) is 11.9 Å². The molecule has 1 aliphatic rings. The number of piperidine rings is 1. The van der Waals surface area contributed by atoms with E-state index in [1.165, 1.54) is 0 Å². The van der Waals surface area contributed by atoms with Crippen LogP contribution in [0.1, 0.15) is 26.7 Å². The third-order valence-corrected chi connectivity index (χ3v) is 4.57. The number of halogens is 2. The van der Waals surface area contributed by atoms with Crippen LogP contribution in [0.3, 0.4) is 0 Å². The molecule has 1 aromatic carbocycles. The van der Waals surface area contributed by atoms with Crippen LogP contribution in [0.15, 0.2) is 22.7 Å². The first kappa shape index (κ1) is 14.8. The van der Waals surface area contributed by atoms with E-state index in [0.717, 1.165) is 29.5 Å². The Morgan fingerprint density at radius 3 is 2.89 bits per heavy atom. The van der Waals surface area contributed by atoms with Gasteiger partial charge in [-0.1, -0.05) is 31.5 Å². The van der Waals surface area contributed by atoms with Gasteiger partial charge in [-0.3, -0.25) is 4.79 Å². The first-order chi connectivity index (χ1) is 9.00. The Hall–Kier alpha value is -0.580. The standard InChI is InChI=1S/C14H18BrClN2O/c1-9(2)17-11-6-4-8-18(14(11)19)12-7-3-5-10(16)13(12)15/h3,5,7,9,11,17H,4,6,8H2,1-2H3. The maximum atomic E-state index is 12.5. The summed E-state index contributed by atoms with van der Waals surface area (Å²) in [6.07, 6.45) is 1.89. The fraction of sp³-hybridized carbons (Fsp3) is 0.500. The maximum absolute atomic E-state index is 12.5. The Kier molecular flexibility index (Phi) is 4.87. The second-order valence-electron chi connectivity index (χ2n) is 5.08.